The highest BCUT2D eigenvalue weighted by molar-refractivity contribution is 8.00. The second-order valence-electron chi connectivity index (χ2n) is 12.3. The number of aliphatic hydroxyl groups is 3. The van der Waals surface area contributed by atoms with E-state index >= 15 is 0 Å². The Morgan fingerprint density at radius 3 is 2.24 bits per heavy atom. The molecule has 6 atom stereocenters. The number of ether oxygens (including phenoxy) is 5. The lowest BCUT2D eigenvalue weighted by molar-refractivity contribution is -0.198. The lowest BCUT2D eigenvalue weighted by Gasteiger charge is -2.42. The van der Waals surface area contributed by atoms with Crippen molar-refractivity contribution in [3.63, 3.8) is 0 Å². The highest BCUT2D eigenvalue weighted by Crippen LogP contribution is 2.26. The molecule has 18 heteroatoms. The predicted molar refractivity (Wildman–Crippen MR) is 186 cm³/mol. The molecular weight excluding hydrogens is 692 g/mol. The van der Waals surface area contributed by atoms with Gasteiger partial charge in [-0.15, -0.1) is 11.8 Å². The van der Waals surface area contributed by atoms with E-state index in [1.165, 1.54) is 35.4 Å². The molecule has 5 amide bonds. The van der Waals surface area contributed by atoms with E-state index in [1.807, 2.05) is 0 Å². The van der Waals surface area contributed by atoms with Crippen molar-refractivity contribution >= 4 is 41.3 Å². The zero-order valence-corrected chi connectivity index (χ0v) is 30.9. The lowest BCUT2D eigenvalue weighted by atomic mass is 9.91. The second-order valence-corrected chi connectivity index (χ2v) is 13.6. The van der Waals surface area contributed by atoms with Crippen LogP contribution >= 0.6 is 11.8 Å². The van der Waals surface area contributed by atoms with Gasteiger partial charge >= 0.3 is 0 Å². The fourth-order valence-corrected chi connectivity index (χ4v) is 6.53. The molecule has 2 heterocycles. The van der Waals surface area contributed by atoms with E-state index in [1.54, 1.807) is 0 Å². The van der Waals surface area contributed by atoms with Gasteiger partial charge in [0, 0.05) is 52.3 Å². The molecular formula is C33H58N4O13S. The molecule has 0 spiro atoms. The summed E-state index contributed by atoms with van der Waals surface area (Å²) in [4.78, 5) is 63.2. The third-order valence-corrected chi connectivity index (χ3v) is 9.45. The van der Waals surface area contributed by atoms with E-state index in [0.717, 1.165) is 19.3 Å². The fraction of sp³-hybridized carbons (Fsp3) is 0.848. The van der Waals surface area contributed by atoms with Crippen LogP contribution in [0.5, 0.6) is 0 Å². The first-order chi connectivity index (χ1) is 24.5. The van der Waals surface area contributed by atoms with E-state index in [-0.39, 0.29) is 81.2 Å². The molecule has 0 bridgehead atoms. The van der Waals surface area contributed by atoms with E-state index in [2.05, 4.69) is 17.6 Å². The third kappa shape index (κ3) is 16.9. The van der Waals surface area contributed by atoms with Gasteiger partial charge in [0.1, 0.15) is 18.3 Å². The molecule has 2 rings (SSSR count). The number of thioether (sulfide) groups is 1. The topological polar surface area (TPSA) is 223 Å². The highest BCUT2D eigenvalue weighted by atomic mass is 32.2. The predicted octanol–water partition coefficient (Wildman–Crippen LogP) is -1.56. The van der Waals surface area contributed by atoms with Crippen LogP contribution in [0.1, 0.15) is 52.9 Å². The Hall–Kier alpha value is -2.42. The van der Waals surface area contributed by atoms with Crippen LogP contribution in [0.25, 0.3) is 0 Å². The number of hydrogen-bond acceptors (Lipinski definition) is 14. The molecule has 294 valence electrons. The summed E-state index contributed by atoms with van der Waals surface area (Å²) >= 11 is 1.45. The van der Waals surface area contributed by atoms with Crippen LogP contribution in [0.3, 0.4) is 0 Å². The van der Waals surface area contributed by atoms with E-state index in [4.69, 9.17) is 23.7 Å². The van der Waals surface area contributed by atoms with Gasteiger partial charge in [-0.1, -0.05) is 19.8 Å². The Morgan fingerprint density at radius 2 is 1.59 bits per heavy atom. The van der Waals surface area contributed by atoms with Crippen LogP contribution in [0.15, 0.2) is 0 Å². The summed E-state index contributed by atoms with van der Waals surface area (Å²) < 4.78 is 27.8. The van der Waals surface area contributed by atoms with Crippen molar-refractivity contribution in [2.75, 3.05) is 91.4 Å². The van der Waals surface area contributed by atoms with E-state index in [0.29, 0.717) is 45.3 Å². The van der Waals surface area contributed by atoms with Gasteiger partial charge in [-0.3, -0.25) is 28.9 Å². The minimum absolute atomic E-state index is 0.0873. The summed E-state index contributed by atoms with van der Waals surface area (Å²) in [6.45, 7) is 7.36. The molecule has 0 aromatic carbocycles. The molecule has 2 aliphatic rings. The Labute approximate surface area is 304 Å². The van der Waals surface area contributed by atoms with Crippen LogP contribution in [-0.2, 0) is 47.7 Å². The summed E-state index contributed by atoms with van der Waals surface area (Å²) in [5, 5.41) is 34.9. The van der Waals surface area contributed by atoms with Crippen molar-refractivity contribution in [1.29, 1.82) is 0 Å². The Bertz CT molecular complexity index is 1070. The maximum atomic E-state index is 12.4. The Balaban J connectivity index is 1.47. The van der Waals surface area contributed by atoms with Crippen LogP contribution in [0.4, 0.5) is 0 Å². The van der Waals surface area contributed by atoms with Gasteiger partial charge in [0.25, 0.3) is 0 Å². The van der Waals surface area contributed by atoms with E-state index in [9.17, 15) is 39.3 Å². The molecule has 2 saturated heterocycles. The molecule has 17 nitrogen and oxygen atoms in total. The van der Waals surface area contributed by atoms with E-state index < -0.39 is 43.0 Å². The summed E-state index contributed by atoms with van der Waals surface area (Å²) in [5.41, 5.74) is 0. The maximum Gasteiger partial charge on any atom is 0.242 e. The average molecular weight is 751 g/mol. The number of nitrogens with zero attached hydrogens (tertiary/aromatic N) is 2. The normalized spacial score (nSPS) is 23.5. The van der Waals surface area contributed by atoms with Gasteiger partial charge < -0.3 is 54.5 Å². The summed E-state index contributed by atoms with van der Waals surface area (Å²) in [7, 11) is 0. The zero-order chi connectivity index (χ0) is 37.6. The van der Waals surface area contributed by atoms with Gasteiger partial charge in [-0.2, -0.15) is 0 Å². The Morgan fingerprint density at radius 1 is 0.922 bits per heavy atom. The third-order valence-electron chi connectivity index (χ3n) is 8.28. The molecule has 0 aromatic heterocycles. The molecule has 0 saturated carbocycles. The minimum atomic E-state index is -1.36. The first kappa shape index (κ1) is 44.7. The molecule has 5 N–H and O–H groups in total. The van der Waals surface area contributed by atoms with Crippen LogP contribution < -0.4 is 10.6 Å². The number of unbranched alkanes of at least 4 members (excludes halogenated alkanes) is 2. The standard InChI is InChI=1S/C33H58N4O13S/c1-4-5-6-9-37-29(42)20-27(33(37)45)51-19-18-49-17-16-48-15-14-47-12-8-34-28(41)21-36(24(3)40)10-13-46-11-7-25-30(35-23(2)39)32(44)31(43)26(22-38)50-25/h25-27,30-32,38,43-44H,4-22H2,1-3H3,(H,34,41)(H,35,39)/t25-,26-,27?,30+,31+,32-/m1/s1. The first-order valence-corrected chi connectivity index (χ1v) is 18.7. The fourth-order valence-electron chi connectivity index (χ4n) is 5.50. The monoisotopic (exact) mass is 750 g/mol. The van der Waals surface area contributed by atoms with Gasteiger partial charge in [0.2, 0.25) is 29.5 Å². The average Bonchev–Trinajstić information content (AvgIpc) is 3.36. The number of carbonyl (C=O) groups is 5. The number of amides is 5. The first-order valence-electron chi connectivity index (χ1n) is 17.7. The molecule has 0 radical (unpaired) electrons. The van der Waals surface area contributed by atoms with Gasteiger partial charge in [0.15, 0.2) is 0 Å². The number of aliphatic hydroxyl groups excluding tert-OH is 3. The largest absolute Gasteiger partial charge is 0.394 e. The van der Waals surface area contributed by atoms with Crippen LogP contribution in [-0.4, -0.2) is 182 Å². The Kier molecular flexibility index (Phi) is 22.4. The van der Waals surface area contributed by atoms with Crippen molar-refractivity contribution in [2.24, 2.45) is 0 Å². The maximum absolute atomic E-state index is 12.4. The zero-order valence-electron chi connectivity index (χ0n) is 30.1. The smallest absolute Gasteiger partial charge is 0.242 e. The van der Waals surface area contributed by atoms with Crippen molar-refractivity contribution in [3.05, 3.63) is 0 Å². The summed E-state index contributed by atoms with van der Waals surface area (Å²) in [6, 6.07) is -0.892. The lowest BCUT2D eigenvalue weighted by Crippen LogP contribution is -2.64. The molecule has 51 heavy (non-hydrogen) atoms. The number of likely N-dealkylation sites (tertiary alicyclic amines) is 1. The van der Waals surface area contributed by atoms with Crippen molar-refractivity contribution in [3.8, 4) is 0 Å². The van der Waals surface area contributed by atoms with Crippen molar-refractivity contribution in [1.82, 2.24) is 20.4 Å². The molecule has 2 aliphatic heterocycles. The number of nitrogens with one attached hydrogen (secondary N) is 2. The number of hydrogen-bond donors (Lipinski definition) is 5. The molecule has 1 unspecified atom stereocenters. The van der Waals surface area contributed by atoms with Crippen LogP contribution in [0.2, 0.25) is 0 Å². The summed E-state index contributed by atoms with van der Waals surface area (Å²) in [5.74, 6) is -0.637. The van der Waals surface area contributed by atoms with Crippen molar-refractivity contribution in [2.45, 2.75) is 88.6 Å². The van der Waals surface area contributed by atoms with Crippen LogP contribution in [0, 0.1) is 0 Å². The number of imide groups is 1. The minimum Gasteiger partial charge on any atom is -0.394 e. The van der Waals surface area contributed by atoms with Gasteiger partial charge in [-0.25, -0.2) is 0 Å². The quantitative estimate of drug-likeness (QED) is 0.0474. The van der Waals surface area contributed by atoms with Gasteiger partial charge in [0.05, 0.1) is 76.8 Å². The second kappa shape index (κ2) is 25.5. The molecule has 2 fully saturated rings. The number of rotatable bonds is 27. The highest BCUT2D eigenvalue weighted by Gasteiger charge is 2.44. The molecule has 0 aromatic rings. The molecule has 0 aliphatic carbocycles. The number of carbonyl (C=O) groups excluding carboxylic acids is 5. The SMILES string of the molecule is CCCCCN1C(=O)CC(SCCOCCOCCOCCNC(=O)CN(CCOCC[C@H]2O[C@H](CO)[C@H](O)[C@H](O)[C@H]2NC(C)=O)C(C)=O)C1=O. The van der Waals surface area contributed by atoms with Gasteiger partial charge in [-0.05, 0) is 12.8 Å². The van der Waals surface area contributed by atoms with Crippen molar-refractivity contribution < 1.29 is 63.0 Å². The summed E-state index contributed by atoms with van der Waals surface area (Å²) in [6.07, 6.45) is -1.05.